The average Bonchev–Trinajstić information content (AvgIpc) is 2.36. The van der Waals surface area contributed by atoms with Gasteiger partial charge in [-0.2, -0.15) is 0 Å². The molecule has 0 radical (unpaired) electrons. The molecule has 0 nitrogen and oxygen atoms in total. The molecule has 4 unspecified atom stereocenters. The zero-order valence-corrected chi connectivity index (χ0v) is 12.2. The van der Waals surface area contributed by atoms with E-state index in [-0.39, 0.29) is 0 Å². The predicted octanol–water partition coefficient (Wildman–Crippen LogP) is 4.99. The van der Waals surface area contributed by atoms with Gasteiger partial charge in [-0.15, -0.1) is 0 Å². The number of hydrogen-bond acceptors (Lipinski definition) is 0. The maximum atomic E-state index is 2.59. The maximum Gasteiger partial charge on any atom is -0.0349 e. The topological polar surface area (TPSA) is 0 Å². The summed E-state index contributed by atoms with van der Waals surface area (Å²) < 4.78 is 0. The minimum absolute atomic E-state index is 1.04. The van der Waals surface area contributed by atoms with Crippen LogP contribution in [0.25, 0.3) is 0 Å². The van der Waals surface area contributed by atoms with Crippen LogP contribution in [-0.2, 0) is 0 Å². The average molecular weight is 234 g/mol. The largest absolute Gasteiger partial charge is 0.0683 e. The Morgan fingerprint density at radius 1 is 0.588 bits per heavy atom. The lowest BCUT2D eigenvalue weighted by molar-refractivity contribution is -0.155. The van der Waals surface area contributed by atoms with Gasteiger partial charge in [-0.1, -0.05) is 27.7 Å². The quantitative estimate of drug-likeness (QED) is 0.554. The Labute approximate surface area is 108 Å². The molecule has 0 saturated heterocycles. The third-order valence-corrected chi connectivity index (χ3v) is 6.72. The molecule has 0 spiro atoms. The molecule has 5 aliphatic rings. The molecular weight excluding hydrogens is 204 g/mol. The molecule has 0 heterocycles. The van der Waals surface area contributed by atoms with Gasteiger partial charge in [0.25, 0.3) is 0 Å². The highest BCUT2D eigenvalue weighted by molar-refractivity contribution is 5.07. The zero-order chi connectivity index (χ0) is 12.2. The van der Waals surface area contributed by atoms with E-state index < -0.39 is 0 Å². The Balaban J connectivity index is 0.000000431. The zero-order valence-electron chi connectivity index (χ0n) is 12.2. The maximum absolute atomic E-state index is 2.59. The second kappa shape index (κ2) is 4.28. The summed E-state index contributed by atoms with van der Waals surface area (Å²) in [7, 11) is 0. The van der Waals surface area contributed by atoms with Crippen molar-refractivity contribution in [1.82, 2.24) is 0 Å². The summed E-state index contributed by atoms with van der Waals surface area (Å²) in [5.41, 5.74) is 0. The number of rotatable bonds is 0. The molecular formula is C17H30. The van der Waals surface area contributed by atoms with Gasteiger partial charge in [-0.3, -0.25) is 0 Å². The number of hydrogen-bond donors (Lipinski definition) is 0. The van der Waals surface area contributed by atoms with E-state index >= 15 is 0 Å². The summed E-state index contributed by atoms with van der Waals surface area (Å²) in [6.07, 6.45) is 8.00. The Bertz CT molecular complexity index is 244. The second-order valence-corrected chi connectivity index (χ2v) is 7.33. The van der Waals surface area contributed by atoms with E-state index in [0.717, 1.165) is 41.4 Å². The standard InChI is InChI=1S/C15H24.C2H6/c1-8-3-13-11-5-10-6-12(9(11)2)14(4-8)15(13)7-10;1-2/h8-15H,3-7H2,1-2H3;1-2H3. The Hall–Kier alpha value is 0. The normalized spacial score (nSPS) is 58.6. The van der Waals surface area contributed by atoms with Crippen LogP contribution in [-0.4, -0.2) is 0 Å². The van der Waals surface area contributed by atoms with Gasteiger partial charge in [0.1, 0.15) is 0 Å². The van der Waals surface area contributed by atoms with Crippen molar-refractivity contribution in [2.24, 2.45) is 47.3 Å². The van der Waals surface area contributed by atoms with E-state index in [1.54, 1.807) is 32.1 Å². The van der Waals surface area contributed by atoms with Gasteiger partial charge in [0.2, 0.25) is 0 Å². The van der Waals surface area contributed by atoms with Gasteiger partial charge >= 0.3 is 0 Å². The first-order valence-electron chi connectivity index (χ1n) is 8.24. The lowest BCUT2D eigenvalue weighted by Gasteiger charge is -2.64. The molecule has 6 bridgehead atoms. The van der Waals surface area contributed by atoms with Crippen LogP contribution in [0.5, 0.6) is 0 Å². The Morgan fingerprint density at radius 3 is 1.53 bits per heavy atom. The molecule has 0 aromatic heterocycles. The van der Waals surface area contributed by atoms with Gasteiger partial charge in [0, 0.05) is 0 Å². The van der Waals surface area contributed by atoms with Crippen LogP contribution in [0.15, 0.2) is 0 Å². The van der Waals surface area contributed by atoms with Crippen molar-refractivity contribution in [2.75, 3.05) is 0 Å². The fourth-order valence-electron chi connectivity index (χ4n) is 6.35. The first kappa shape index (κ1) is 12.1. The smallest absolute Gasteiger partial charge is 0.0349 e. The molecule has 0 heteroatoms. The highest BCUT2D eigenvalue weighted by Crippen LogP contribution is 2.65. The SMILES string of the molecule is CC.CC1CC2C3CC4CC(C3C)C(C1)C2C4. The van der Waals surface area contributed by atoms with Gasteiger partial charge in [0.05, 0.1) is 0 Å². The minimum atomic E-state index is 1.04. The van der Waals surface area contributed by atoms with E-state index in [4.69, 9.17) is 0 Å². The van der Waals surface area contributed by atoms with Crippen molar-refractivity contribution in [3.63, 3.8) is 0 Å². The van der Waals surface area contributed by atoms with Crippen LogP contribution < -0.4 is 0 Å². The van der Waals surface area contributed by atoms with Crippen LogP contribution in [0.2, 0.25) is 0 Å². The summed E-state index contributed by atoms with van der Waals surface area (Å²) >= 11 is 0. The molecule has 5 rings (SSSR count). The minimum Gasteiger partial charge on any atom is -0.0683 e. The van der Waals surface area contributed by atoms with Crippen LogP contribution in [0.3, 0.4) is 0 Å². The van der Waals surface area contributed by atoms with Gasteiger partial charge in [-0.05, 0) is 79.4 Å². The van der Waals surface area contributed by atoms with Crippen LogP contribution in [0.4, 0.5) is 0 Å². The second-order valence-electron chi connectivity index (χ2n) is 7.33. The summed E-state index contributed by atoms with van der Waals surface area (Å²) in [5.74, 6) is 9.06. The van der Waals surface area contributed by atoms with Crippen LogP contribution in [0.1, 0.15) is 59.8 Å². The van der Waals surface area contributed by atoms with Crippen LogP contribution >= 0.6 is 0 Å². The van der Waals surface area contributed by atoms with Crippen molar-refractivity contribution in [3.05, 3.63) is 0 Å². The van der Waals surface area contributed by atoms with E-state index in [0.29, 0.717) is 0 Å². The summed E-state index contributed by atoms with van der Waals surface area (Å²) in [6.45, 7) is 9.10. The lowest BCUT2D eigenvalue weighted by atomic mass is 9.41. The Kier molecular flexibility index (Phi) is 3.04. The lowest BCUT2D eigenvalue weighted by Crippen LogP contribution is -2.57. The third kappa shape index (κ3) is 1.62. The molecule has 0 aromatic carbocycles. The van der Waals surface area contributed by atoms with E-state index in [2.05, 4.69) is 13.8 Å². The summed E-state index contributed by atoms with van der Waals surface area (Å²) in [6, 6.07) is 0. The van der Waals surface area contributed by atoms with Gasteiger partial charge < -0.3 is 0 Å². The van der Waals surface area contributed by atoms with Crippen molar-refractivity contribution >= 4 is 0 Å². The van der Waals surface area contributed by atoms with Crippen LogP contribution in [0, 0.1) is 47.3 Å². The fourth-order valence-corrected chi connectivity index (χ4v) is 6.35. The molecule has 0 aromatic rings. The highest BCUT2D eigenvalue weighted by atomic mass is 14.6. The first-order valence-corrected chi connectivity index (χ1v) is 8.24. The molecule has 98 valence electrons. The molecule has 0 N–H and O–H groups in total. The molecule has 5 fully saturated rings. The summed E-state index contributed by atoms with van der Waals surface area (Å²) in [5, 5.41) is 0. The highest BCUT2D eigenvalue weighted by Gasteiger charge is 2.58. The summed E-state index contributed by atoms with van der Waals surface area (Å²) in [4.78, 5) is 0. The van der Waals surface area contributed by atoms with Crippen molar-refractivity contribution in [2.45, 2.75) is 59.8 Å². The van der Waals surface area contributed by atoms with Crippen molar-refractivity contribution in [3.8, 4) is 0 Å². The van der Waals surface area contributed by atoms with E-state index in [9.17, 15) is 0 Å². The molecule has 17 heavy (non-hydrogen) atoms. The molecule has 0 amide bonds. The van der Waals surface area contributed by atoms with Gasteiger partial charge in [0.15, 0.2) is 0 Å². The predicted molar refractivity (Wildman–Crippen MR) is 73.7 cm³/mol. The fraction of sp³-hybridized carbons (Fsp3) is 1.00. The molecule has 0 aliphatic heterocycles. The Morgan fingerprint density at radius 2 is 1.00 bits per heavy atom. The van der Waals surface area contributed by atoms with Gasteiger partial charge in [-0.25, -0.2) is 0 Å². The third-order valence-electron chi connectivity index (χ3n) is 6.72. The van der Waals surface area contributed by atoms with Crippen molar-refractivity contribution < 1.29 is 0 Å². The van der Waals surface area contributed by atoms with E-state index in [1.807, 2.05) is 13.8 Å². The van der Waals surface area contributed by atoms with E-state index in [1.165, 1.54) is 5.92 Å². The molecule has 4 atom stereocenters. The first-order chi connectivity index (χ1) is 8.24. The monoisotopic (exact) mass is 234 g/mol. The molecule has 5 aliphatic carbocycles. The molecule has 5 saturated carbocycles. The van der Waals surface area contributed by atoms with Crippen molar-refractivity contribution in [1.29, 1.82) is 0 Å².